The topological polar surface area (TPSA) is 141 Å². The zero-order valence-corrected chi connectivity index (χ0v) is 19.8. The van der Waals surface area contributed by atoms with Crippen LogP contribution in [0.3, 0.4) is 0 Å². The Balaban J connectivity index is 1.86. The van der Waals surface area contributed by atoms with Crippen LogP contribution in [-0.2, 0) is 24.3 Å². The van der Waals surface area contributed by atoms with Crippen molar-refractivity contribution < 1.29 is 37.0 Å². The average Bonchev–Trinajstić information content (AvgIpc) is 3.06. The third-order valence-corrected chi connectivity index (χ3v) is 6.10. The molecule has 0 bridgehead atoms. The Hall–Kier alpha value is -3.18. The predicted molar refractivity (Wildman–Crippen MR) is 119 cm³/mol. The largest absolute Gasteiger partial charge is 0.494 e. The van der Waals surface area contributed by atoms with Crippen molar-refractivity contribution in [2.24, 2.45) is 0 Å². The monoisotopic (exact) mass is 480 g/mol. The Morgan fingerprint density at radius 3 is 2.27 bits per heavy atom. The number of hydrogen-bond donors (Lipinski definition) is 2. The molecule has 33 heavy (non-hydrogen) atoms. The van der Waals surface area contributed by atoms with Gasteiger partial charge in [-0.1, -0.05) is 0 Å². The zero-order chi connectivity index (χ0) is 24.6. The van der Waals surface area contributed by atoms with Gasteiger partial charge in [-0.3, -0.25) is 9.59 Å². The van der Waals surface area contributed by atoms with Crippen LogP contribution in [0, 0.1) is 13.8 Å². The molecule has 0 aliphatic carbocycles. The molecule has 11 heteroatoms. The minimum absolute atomic E-state index is 0.0319. The number of ketones is 1. The molecule has 2 aromatic rings. The highest BCUT2D eigenvalue weighted by molar-refractivity contribution is 7.89. The Kier molecular flexibility index (Phi) is 9.18. The van der Waals surface area contributed by atoms with Crippen LogP contribution in [0.15, 0.2) is 29.2 Å². The van der Waals surface area contributed by atoms with Crippen LogP contribution in [-0.4, -0.2) is 57.5 Å². The second-order valence-electron chi connectivity index (χ2n) is 6.98. The van der Waals surface area contributed by atoms with Crippen LogP contribution in [0.1, 0.15) is 52.4 Å². The van der Waals surface area contributed by atoms with E-state index >= 15 is 0 Å². The maximum Gasteiger partial charge on any atom is 0.340 e. The molecule has 0 aliphatic rings. The van der Waals surface area contributed by atoms with Gasteiger partial charge in [-0.2, -0.15) is 0 Å². The lowest BCUT2D eigenvalue weighted by molar-refractivity contribution is -0.142. The van der Waals surface area contributed by atoms with Gasteiger partial charge in [0.1, 0.15) is 5.75 Å². The minimum Gasteiger partial charge on any atom is -0.494 e. The van der Waals surface area contributed by atoms with Crippen LogP contribution >= 0.6 is 0 Å². The first-order chi connectivity index (χ1) is 15.6. The van der Waals surface area contributed by atoms with Crippen molar-refractivity contribution in [1.82, 2.24) is 9.71 Å². The van der Waals surface area contributed by atoms with Crippen LogP contribution in [0.25, 0.3) is 0 Å². The van der Waals surface area contributed by atoms with Crippen LogP contribution in [0.4, 0.5) is 0 Å². The molecule has 2 rings (SSSR count). The van der Waals surface area contributed by atoms with Crippen molar-refractivity contribution in [3.63, 3.8) is 0 Å². The van der Waals surface area contributed by atoms with Crippen LogP contribution in [0.2, 0.25) is 0 Å². The number of benzene rings is 1. The molecule has 0 aliphatic heterocycles. The molecule has 0 atom stereocenters. The quantitative estimate of drug-likeness (QED) is 0.348. The van der Waals surface area contributed by atoms with Gasteiger partial charge in [0.05, 0.1) is 35.8 Å². The second kappa shape index (κ2) is 11.6. The summed E-state index contributed by atoms with van der Waals surface area (Å²) in [4.78, 5) is 39.3. The Morgan fingerprint density at radius 1 is 1.00 bits per heavy atom. The molecule has 1 aromatic carbocycles. The summed E-state index contributed by atoms with van der Waals surface area (Å²) in [6, 6.07) is 5.87. The second-order valence-corrected chi connectivity index (χ2v) is 8.75. The first kappa shape index (κ1) is 26.1. The standard InChI is InChI=1S/C22H28N2O8S/c1-5-30-16-7-9-17(10-8-16)33(28,29)23-12-11-19(26)32-13-18(25)21-14(3)20(15(4)24-21)22(27)31-6-2/h7-10,23-24H,5-6,11-13H2,1-4H3. The van der Waals surface area contributed by atoms with Crippen molar-refractivity contribution in [2.45, 2.75) is 39.0 Å². The number of ether oxygens (including phenoxy) is 3. The zero-order valence-electron chi connectivity index (χ0n) is 19.0. The Morgan fingerprint density at radius 2 is 1.67 bits per heavy atom. The molecule has 0 amide bonds. The van der Waals surface area contributed by atoms with Gasteiger partial charge < -0.3 is 19.2 Å². The first-order valence-corrected chi connectivity index (χ1v) is 11.9. The van der Waals surface area contributed by atoms with Crippen molar-refractivity contribution in [3.05, 3.63) is 46.8 Å². The molecular weight excluding hydrogens is 452 g/mol. The summed E-state index contributed by atoms with van der Waals surface area (Å²) in [7, 11) is -3.81. The highest BCUT2D eigenvalue weighted by Crippen LogP contribution is 2.20. The van der Waals surface area contributed by atoms with Gasteiger partial charge in [-0.15, -0.1) is 0 Å². The molecular formula is C22H28N2O8S. The maximum absolute atomic E-state index is 12.4. The number of esters is 2. The van der Waals surface area contributed by atoms with Gasteiger partial charge in [0, 0.05) is 12.2 Å². The van der Waals surface area contributed by atoms with E-state index in [1.165, 1.54) is 24.3 Å². The fourth-order valence-corrected chi connectivity index (χ4v) is 4.11. The highest BCUT2D eigenvalue weighted by atomic mass is 32.2. The number of rotatable bonds is 12. The number of aromatic amines is 1. The van der Waals surface area contributed by atoms with Gasteiger partial charge in [0.25, 0.3) is 0 Å². The van der Waals surface area contributed by atoms with Crippen LogP contribution in [0.5, 0.6) is 5.75 Å². The number of aryl methyl sites for hydroxylation is 1. The van der Waals surface area contributed by atoms with Crippen molar-refractivity contribution in [2.75, 3.05) is 26.4 Å². The van der Waals surface area contributed by atoms with Gasteiger partial charge in [0.2, 0.25) is 15.8 Å². The average molecular weight is 481 g/mol. The number of aromatic nitrogens is 1. The van der Waals surface area contributed by atoms with Crippen molar-refractivity contribution in [1.29, 1.82) is 0 Å². The fourth-order valence-electron chi connectivity index (χ4n) is 3.08. The smallest absolute Gasteiger partial charge is 0.340 e. The summed E-state index contributed by atoms with van der Waals surface area (Å²) in [5.74, 6) is -1.26. The number of carbonyl (C=O) groups is 3. The molecule has 0 spiro atoms. The van der Waals surface area contributed by atoms with Gasteiger partial charge in [-0.25, -0.2) is 17.9 Å². The summed E-state index contributed by atoms with van der Waals surface area (Å²) >= 11 is 0. The first-order valence-electron chi connectivity index (χ1n) is 10.4. The van der Waals surface area contributed by atoms with E-state index in [1.54, 1.807) is 20.8 Å². The van der Waals surface area contributed by atoms with E-state index in [1.807, 2.05) is 6.92 Å². The SMILES string of the molecule is CCOC(=O)c1c(C)[nH]c(C(=O)COC(=O)CCNS(=O)(=O)c2ccc(OCC)cc2)c1C. The number of H-pyrrole nitrogens is 1. The van der Waals surface area contributed by atoms with Crippen molar-refractivity contribution in [3.8, 4) is 5.75 Å². The summed E-state index contributed by atoms with van der Waals surface area (Å²) in [6.45, 7) is 6.65. The Labute approximate surface area is 192 Å². The van der Waals surface area contributed by atoms with Gasteiger partial charge in [0.15, 0.2) is 6.61 Å². The van der Waals surface area contributed by atoms with Crippen molar-refractivity contribution >= 4 is 27.7 Å². The molecule has 0 saturated heterocycles. The third kappa shape index (κ3) is 6.90. The Bertz CT molecular complexity index is 1100. The van der Waals surface area contributed by atoms with E-state index in [0.717, 1.165) is 0 Å². The summed E-state index contributed by atoms with van der Waals surface area (Å²) in [5, 5.41) is 0. The molecule has 0 fully saturated rings. The van der Waals surface area contributed by atoms with Crippen LogP contribution < -0.4 is 9.46 Å². The minimum atomic E-state index is -3.81. The number of sulfonamides is 1. The lowest BCUT2D eigenvalue weighted by atomic mass is 10.1. The van der Waals surface area contributed by atoms with E-state index < -0.39 is 34.4 Å². The molecule has 2 N–H and O–H groups in total. The summed E-state index contributed by atoms with van der Waals surface area (Å²) in [6.07, 6.45) is -0.264. The third-order valence-electron chi connectivity index (χ3n) is 4.63. The summed E-state index contributed by atoms with van der Waals surface area (Å²) in [5.41, 5.74) is 1.31. The fraction of sp³-hybridized carbons (Fsp3) is 0.409. The number of Topliss-reactive ketones (excluding diaryl/α,β-unsaturated/α-hetero) is 1. The molecule has 10 nitrogen and oxygen atoms in total. The van der Waals surface area contributed by atoms with E-state index in [4.69, 9.17) is 14.2 Å². The normalized spacial score (nSPS) is 11.2. The molecule has 1 aromatic heterocycles. The molecule has 1 heterocycles. The summed E-state index contributed by atoms with van der Waals surface area (Å²) < 4.78 is 42.1. The highest BCUT2D eigenvalue weighted by Gasteiger charge is 2.23. The van der Waals surface area contributed by atoms with Gasteiger partial charge in [-0.05, 0) is 57.5 Å². The number of hydrogen-bond acceptors (Lipinski definition) is 8. The predicted octanol–water partition coefficient (Wildman–Crippen LogP) is 2.30. The van der Waals surface area contributed by atoms with E-state index in [-0.39, 0.29) is 35.7 Å². The molecule has 0 radical (unpaired) electrons. The molecule has 0 saturated carbocycles. The van der Waals surface area contributed by atoms with E-state index in [2.05, 4.69) is 9.71 Å². The van der Waals surface area contributed by atoms with E-state index in [9.17, 15) is 22.8 Å². The number of nitrogens with one attached hydrogen (secondary N) is 2. The van der Waals surface area contributed by atoms with E-state index in [0.29, 0.717) is 23.6 Å². The lowest BCUT2D eigenvalue weighted by Gasteiger charge is -2.08. The number of carbonyl (C=O) groups excluding carboxylic acids is 3. The molecule has 0 unspecified atom stereocenters. The maximum atomic E-state index is 12.4. The van der Waals surface area contributed by atoms with Gasteiger partial charge >= 0.3 is 11.9 Å². The molecule has 180 valence electrons. The lowest BCUT2D eigenvalue weighted by Crippen LogP contribution is -2.27.